The number of anilines is 2. The fraction of sp³-hybridized carbons (Fsp3) is 0.379. The highest BCUT2D eigenvalue weighted by atomic mass is 32.2. The van der Waals surface area contributed by atoms with Gasteiger partial charge in [0.2, 0.25) is 0 Å². The lowest BCUT2D eigenvalue weighted by Gasteiger charge is -2.41. The van der Waals surface area contributed by atoms with Gasteiger partial charge in [0.1, 0.15) is 17.5 Å². The van der Waals surface area contributed by atoms with Crippen molar-refractivity contribution in [2.75, 3.05) is 36.0 Å². The molecule has 0 saturated carbocycles. The van der Waals surface area contributed by atoms with Crippen LogP contribution in [-0.4, -0.2) is 32.2 Å². The zero-order valence-electron chi connectivity index (χ0n) is 20.9. The summed E-state index contributed by atoms with van der Waals surface area (Å²) in [5.74, 6) is 1.86. The first-order valence-electron chi connectivity index (χ1n) is 12.8. The summed E-state index contributed by atoms with van der Waals surface area (Å²) >= 11 is 1.60. The van der Waals surface area contributed by atoms with Crippen LogP contribution in [0.25, 0.3) is 0 Å². The first kappa shape index (κ1) is 22.5. The molecule has 0 radical (unpaired) electrons. The van der Waals surface area contributed by atoms with Gasteiger partial charge in [-0.3, -0.25) is 0 Å². The average molecular weight is 485 g/mol. The number of rotatable bonds is 6. The van der Waals surface area contributed by atoms with Crippen LogP contribution >= 0.6 is 11.9 Å². The van der Waals surface area contributed by atoms with Gasteiger partial charge in [-0.2, -0.15) is 5.11 Å². The summed E-state index contributed by atoms with van der Waals surface area (Å²) < 4.78 is 11.2. The molecule has 2 heterocycles. The second-order valence-electron chi connectivity index (χ2n) is 9.37. The van der Waals surface area contributed by atoms with Crippen molar-refractivity contribution in [3.05, 3.63) is 82.9 Å². The third-order valence-corrected chi connectivity index (χ3v) is 8.94. The van der Waals surface area contributed by atoms with E-state index in [0.717, 1.165) is 37.7 Å². The van der Waals surface area contributed by atoms with Crippen molar-refractivity contribution in [2.45, 2.75) is 44.4 Å². The Labute approximate surface area is 212 Å². The first-order chi connectivity index (χ1) is 17.2. The van der Waals surface area contributed by atoms with Crippen molar-refractivity contribution < 1.29 is 4.74 Å². The summed E-state index contributed by atoms with van der Waals surface area (Å²) in [6.07, 6.45) is 0. The fourth-order valence-electron chi connectivity index (χ4n) is 6.34. The molecule has 0 fully saturated rings. The summed E-state index contributed by atoms with van der Waals surface area (Å²) in [6, 6.07) is 22.4. The average Bonchev–Trinajstić information content (AvgIpc) is 3.47. The van der Waals surface area contributed by atoms with E-state index in [4.69, 9.17) is 9.85 Å². The molecule has 3 aliphatic rings. The quantitative estimate of drug-likeness (QED) is 0.343. The molecule has 35 heavy (non-hydrogen) atoms. The molecule has 0 N–H and O–H groups in total. The third-order valence-electron chi connectivity index (χ3n) is 8.01. The van der Waals surface area contributed by atoms with Crippen LogP contribution < -0.4 is 14.5 Å². The number of benzene rings is 3. The van der Waals surface area contributed by atoms with Crippen LogP contribution in [0.5, 0.6) is 11.5 Å². The molecule has 5 nitrogen and oxygen atoms in total. The van der Waals surface area contributed by atoms with E-state index >= 15 is 0 Å². The van der Waals surface area contributed by atoms with Gasteiger partial charge in [0, 0.05) is 72.8 Å². The monoisotopic (exact) mass is 484 g/mol. The number of ether oxygens (including phenoxy) is 1. The molecule has 0 saturated heterocycles. The van der Waals surface area contributed by atoms with Gasteiger partial charge in [-0.25, -0.2) is 0 Å². The van der Waals surface area contributed by atoms with Crippen LogP contribution in [-0.2, 0) is 5.41 Å². The Hall–Kier alpha value is -2.99. The smallest absolute Gasteiger partial charge is 0.134 e. The lowest BCUT2D eigenvalue weighted by molar-refractivity contribution is 0.394. The van der Waals surface area contributed by atoms with Crippen LogP contribution in [0.2, 0.25) is 0 Å². The molecule has 0 amide bonds. The molecule has 2 atom stereocenters. The number of fused-ring (bicyclic) bond motifs is 9. The molecule has 2 unspecified atom stereocenters. The topological polar surface area (TPSA) is 40.4 Å². The van der Waals surface area contributed by atoms with Gasteiger partial charge in [0.05, 0.1) is 10.7 Å². The Bertz CT molecular complexity index is 1240. The van der Waals surface area contributed by atoms with Crippen molar-refractivity contribution in [3.8, 4) is 11.5 Å². The molecular weight excluding hydrogens is 452 g/mol. The van der Waals surface area contributed by atoms with Gasteiger partial charge in [0.25, 0.3) is 0 Å². The van der Waals surface area contributed by atoms with Gasteiger partial charge in [-0.1, -0.05) is 36.4 Å². The largest absolute Gasteiger partial charge is 0.457 e. The minimum Gasteiger partial charge on any atom is -0.457 e. The summed E-state index contributed by atoms with van der Waals surface area (Å²) in [4.78, 5) is 4.74. The third kappa shape index (κ3) is 3.08. The fourth-order valence-corrected chi connectivity index (χ4v) is 7.29. The normalized spacial score (nSPS) is 20.1. The van der Waals surface area contributed by atoms with E-state index in [-0.39, 0.29) is 11.3 Å². The van der Waals surface area contributed by atoms with E-state index in [0.29, 0.717) is 0 Å². The van der Waals surface area contributed by atoms with Crippen LogP contribution in [0.4, 0.5) is 11.4 Å². The van der Waals surface area contributed by atoms with Gasteiger partial charge >= 0.3 is 0 Å². The Balaban J connectivity index is 1.64. The minimum atomic E-state index is -0.416. The molecule has 180 valence electrons. The summed E-state index contributed by atoms with van der Waals surface area (Å²) in [6.45, 7) is 12.6. The van der Waals surface area contributed by atoms with E-state index in [1.54, 1.807) is 11.9 Å². The van der Waals surface area contributed by atoms with E-state index < -0.39 is 5.41 Å². The van der Waals surface area contributed by atoms with Crippen molar-refractivity contribution >= 4 is 23.3 Å². The van der Waals surface area contributed by atoms with Crippen LogP contribution in [0, 0.1) is 0 Å². The summed E-state index contributed by atoms with van der Waals surface area (Å²) in [5, 5.41) is 5.10. The molecule has 0 aromatic heterocycles. The lowest BCUT2D eigenvalue weighted by atomic mass is 9.66. The van der Waals surface area contributed by atoms with Gasteiger partial charge in [-0.15, -0.1) is 4.52 Å². The second-order valence-corrected chi connectivity index (χ2v) is 10.3. The highest BCUT2D eigenvalue weighted by Crippen LogP contribution is 2.66. The maximum Gasteiger partial charge on any atom is 0.134 e. The molecule has 2 aliphatic heterocycles. The van der Waals surface area contributed by atoms with Gasteiger partial charge < -0.3 is 14.5 Å². The number of hydrogen-bond acceptors (Lipinski definition) is 6. The molecule has 6 heteroatoms. The first-order valence-corrected chi connectivity index (χ1v) is 13.6. The minimum absolute atomic E-state index is 0.00454. The zero-order valence-corrected chi connectivity index (χ0v) is 21.7. The van der Waals surface area contributed by atoms with E-state index in [9.17, 15) is 0 Å². The molecule has 3 aromatic carbocycles. The van der Waals surface area contributed by atoms with Crippen molar-refractivity contribution in [2.24, 2.45) is 9.63 Å². The molecule has 1 aliphatic carbocycles. The van der Waals surface area contributed by atoms with Crippen LogP contribution in [0.15, 0.2) is 70.3 Å². The second kappa shape index (κ2) is 8.59. The zero-order chi connectivity index (χ0) is 24.2. The van der Waals surface area contributed by atoms with E-state index in [1.165, 1.54) is 33.6 Å². The molecule has 1 spiro atoms. The highest BCUT2D eigenvalue weighted by Gasteiger charge is 2.60. The Morgan fingerprint density at radius 1 is 0.771 bits per heavy atom. The van der Waals surface area contributed by atoms with Gasteiger partial charge in [-0.05, 0) is 51.0 Å². The Morgan fingerprint density at radius 3 is 1.91 bits per heavy atom. The van der Waals surface area contributed by atoms with Crippen molar-refractivity contribution in [1.82, 2.24) is 0 Å². The standard InChI is InChI=1S/C29H32N4OS/c1-5-32(6-2)19-13-15-23-25(17-19)34-26-18-20(33(7-3)8-4)14-16-24(26)29(23)22-12-10-9-11-21(22)27-28(29)30-31-35-27/h9-18,27-28H,5-8H2,1-4H3. The molecule has 3 aromatic rings. The lowest BCUT2D eigenvalue weighted by Crippen LogP contribution is -2.40. The number of nitrogens with zero attached hydrogens (tertiary/aromatic N) is 4. The van der Waals surface area contributed by atoms with E-state index in [2.05, 4.69) is 103 Å². The highest BCUT2D eigenvalue weighted by molar-refractivity contribution is 7.98. The predicted octanol–water partition coefficient (Wildman–Crippen LogP) is 7.36. The summed E-state index contributed by atoms with van der Waals surface area (Å²) in [5.41, 5.74) is 7.02. The predicted molar refractivity (Wildman–Crippen MR) is 145 cm³/mol. The maximum atomic E-state index is 6.75. The Kier molecular flexibility index (Phi) is 5.52. The van der Waals surface area contributed by atoms with Crippen LogP contribution in [0.3, 0.4) is 0 Å². The SMILES string of the molecule is CCN(CC)c1ccc2c(c1)Oc1cc(N(CC)CC)ccc1C21c2ccccc2C2SN=NC21. The maximum absolute atomic E-state index is 6.75. The van der Waals surface area contributed by atoms with Crippen molar-refractivity contribution in [1.29, 1.82) is 0 Å². The molecule has 6 rings (SSSR count). The van der Waals surface area contributed by atoms with Gasteiger partial charge in [0.15, 0.2) is 0 Å². The van der Waals surface area contributed by atoms with E-state index in [1.807, 2.05) is 0 Å². The number of hydrogen-bond donors (Lipinski definition) is 0. The Morgan fingerprint density at radius 2 is 1.34 bits per heavy atom. The molecule has 0 bridgehead atoms. The van der Waals surface area contributed by atoms with Crippen LogP contribution in [0.1, 0.15) is 55.2 Å². The molecular formula is C29H32N4OS. The van der Waals surface area contributed by atoms with Crippen molar-refractivity contribution in [3.63, 3.8) is 0 Å². The summed E-state index contributed by atoms with van der Waals surface area (Å²) in [7, 11) is 0.